The van der Waals surface area contributed by atoms with E-state index in [4.69, 9.17) is 0 Å². The Morgan fingerprint density at radius 1 is 1.00 bits per heavy atom. The molecule has 3 rings (SSSR count). The van der Waals surface area contributed by atoms with Crippen molar-refractivity contribution in [3.63, 3.8) is 0 Å². The minimum atomic E-state index is 0.997. The molecule has 0 unspecified atom stereocenters. The van der Waals surface area contributed by atoms with Gasteiger partial charge in [0.1, 0.15) is 11.6 Å². The molecular formula is C14H17N3. The van der Waals surface area contributed by atoms with E-state index < -0.39 is 0 Å². The van der Waals surface area contributed by atoms with E-state index in [1.807, 2.05) is 0 Å². The normalized spacial score (nSPS) is 14.6. The van der Waals surface area contributed by atoms with Crippen molar-refractivity contribution in [2.45, 2.75) is 38.6 Å². The summed E-state index contributed by atoms with van der Waals surface area (Å²) in [5, 5.41) is 8.61. The molecule has 0 radical (unpaired) electrons. The van der Waals surface area contributed by atoms with Crippen LogP contribution in [0, 0.1) is 0 Å². The molecule has 2 aromatic rings. The van der Waals surface area contributed by atoms with Crippen molar-refractivity contribution in [2.24, 2.45) is 0 Å². The summed E-state index contributed by atoms with van der Waals surface area (Å²) in [4.78, 5) is 0. The Balaban J connectivity index is 1.71. The van der Waals surface area contributed by atoms with E-state index in [0.717, 1.165) is 31.6 Å². The van der Waals surface area contributed by atoms with Gasteiger partial charge in [0.15, 0.2) is 0 Å². The van der Waals surface area contributed by atoms with Crippen molar-refractivity contribution in [3.05, 3.63) is 47.5 Å². The largest absolute Gasteiger partial charge is 0.315 e. The molecule has 0 aliphatic carbocycles. The lowest BCUT2D eigenvalue weighted by atomic mass is 10.1. The van der Waals surface area contributed by atoms with Gasteiger partial charge in [-0.1, -0.05) is 30.3 Å². The first-order valence-electron chi connectivity index (χ1n) is 6.38. The molecule has 1 aliphatic heterocycles. The number of aryl methyl sites for hydroxylation is 3. The molecule has 0 spiro atoms. The van der Waals surface area contributed by atoms with Crippen LogP contribution in [0.4, 0.5) is 0 Å². The van der Waals surface area contributed by atoms with Crippen molar-refractivity contribution in [1.82, 2.24) is 14.8 Å². The maximum atomic E-state index is 4.33. The third-order valence-electron chi connectivity index (χ3n) is 3.42. The lowest BCUT2D eigenvalue weighted by Crippen LogP contribution is -2.13. The molecule has 3 nitrogen and oxygen atoms in total. The highest BCUT2D eigenvalue weighted by molar-refractivity contribution is 5.15. The van der Waals surface area contributed by atoms with Crippen LogP contribution in [0.5, 0.6) is 0 Å². The Kier molecular flexibility index (Phi) is 2.90. The molecule has 0 saturated heterocycles. The zero-order valence-corrected chi connectivity index (χ0v) is 9.97. The fraction of sp³-hybridized carbons (Fsp3) is 0.429. The summed E-state index contributed by atoms with van der Waals surface area (Å²) in [5.41, 5.74) is 1.38. The second-order valence-corrected chi connectivity index (χ2v) is 4.63. The van der Waals surface area contributed by atoms with E-state index in [9.17, 15) is 0 Å². The fourth-order valence-electron chi connectivity index (χ4n) is 2.45. The summed E-state index contributed by atoms with van der Waals surface area (Å²) < 4.78 is 2.31. The van der Waals surface area contributed by atoms with Gasteiger partial charge in [-0.25, -0.2) is 0 Å². The predicted molar refractivity (Wildman–Crippen MR) is 66.8 cm³/mol. The Morgan fingerprint density at radius 2 is 1.88 bits per heavy atom. The average Bonchev–Trinajstić information content (AvgIpc) is 2.81. The fourth-order valence-corrected chi connectivity index (χ4v) is 2.45. The zero-order valence-electron chi connectivity index (χ0n) is 9.97. The highest BCUT2D eigenvalue weighted by Crippen LogP contribution is 2.15. The Morgan fingerprint density at radius 3 is 2.76 bits per heavy atom. The summed E-state index contributed by atoms with van der Waals surface area (Å²) in [5.74, 6) is 2.34. The quantitative estimate of drug-likeness (QED) is 0.806. The van der Waals surface area contributed by atoms with Gasteiger partial charge < -0.3 is 4.57 Å². The highest BCUT2D eigenvalue weighted by atomic mass is 15.3. The summed E-state index contributed by atoms with van der Waals surface area (Å²) in [7, 11) is 0. The van der Waals surface area contributed by atoms with Crippen molar-refractivity contribution < 1.29 is 0 Å². The number of nitrogens with zero attached hydrogens (tertiary/aromatic N) is 3. The first-order valence-corrected chi connectivity index (χ1v) is 6.38. The van der Waals surface area contributed by atoms with E-state index in [2.05, 4.69) is 45.1 Å². The van der Waals surface area contributed by atoms with Crippen LogP contribution in [-0.4, -0.2) is 14.8 Å². The number of benzene rings is 1. The van der Waals surface area contributed by atoms with Crippen LogP contribution in [0.3, 0.4) is 0 Å². The standard InChI is InChI=1S/C14H17N3/c1-2-6-12(7-3-1)9-10-14-16-15-13-8-4-5-11-17(13)14/h1-3,6-7H,4-5,8-11H2. The van der Waals surface area contributed by atoms with Crippen molar-refractivity contribution in [1.29, 1.82) is 0 Å². The summed E-state index contributed by atoms with van der Waals surface area (Å²) in [6.07, 6.45) is 5.68. The minimum Gasteiger partial charge on any atom is -0.315 e. The van der Waals surface area contributed by atoms with Gasteiger partial charge in [-0.05, 0) is 24.8 Å². The van der Waals surface area contributed by atoms with E-state index >= 15 is 0 Å². The van der Waals surface area contributed by atoms with Crippen LogP contribution in [-0.2, 0) is 25.8 Å². The predicted octanol–water partition coefficient (Wildman–Crippen LogP) is 2.40. The van der Waals surface area contributed by atoms with Crippen molar-refractivity contribution in [3.8, 4) is 0 Å². The van der Waals surface area contributed by atoms with Crippen LogP contribution in [0.15, 0.2) is 30.3 Å². The zero-order chi connectivity index (χ0) is 11.5. The third kappa shape index (κ3) is 2.23. The summed E-state index contributed by atoms with van der Waals surface area (Å²) in [6, 6.07) is 10.6. The molecule has 0 amide bonds. The topological polar surface area (TPSA) is 30.7 Å². The van der Waals surface area contributed by atoms with Gasteiger partial charge in [0.05, 0.1) is 0 Å². The number of fused-ring (bicyclic) bond motifs is 1. The first kappa shape index (κ1) is 10.5. The molecule has 17 heavy (non-hydrogen) atoms. The van der Waals surface area contributed by atoms with Crippen LogP contribution in [0.1, 0.15) is 30.1 Å². The van der Waals surface area contributed by atoms with E-state index in [1.165, 1.54) is 24.2 Å². The summed E-state index contributed by atoms with van der Waals surface area (Å²) in [6.45, 7) is 1.10. The SMILES string of the molecule is c1ccc(CCc2nnc3n2CCCC3)cc1. The van der Waals surface area contributed by atoms with Gasteiger partial charge in [-0.3, -0.25) is 0 Å². The third-order valence-corrected chi connectivity index (χ3v) is 3.42. The van der Waals surface area contributed by atoms with E-state index in [0.29, 0.717) is 0 Å². The van der Waals surface area contributed by atoms with E-state index in [-0.39, 0.29) is 0 Å². The van der Waals surface area contributed by atoms with Gasteiger partial charge in [0.2, 0.25) is 0 Å². The van der Waals surface area contributed by atoms with Crippen LogP contribution in [0.25, 0.3) is 0 Å². The molecule has 2 heterocycles. The number of rotatable bonds is 3. The van der Waals surface area contributed by atoms with Gasteiger partial charge >= 0.3 is 0 Å². The van der Waals surface area contributed by atoms with Crippen LogP contribution >= 0.6 is 0 Å². The molecule has 1 aromatic carbocycles. The lowest BCUT2D eigenvalue weighted by molar-refractivity contribution is 0.507. The lowest BCUT2D eigenvalue weighted by Gasteiger charge is -2.14. The molecule has 1 aliphatic rings. The number of hydrogen-bond acceptors (Lipinski definition) is 2. The number of hydrogen-bond donors (Lipinski definition) is 0. The molecule has 0 bridgehead atoms. The van der Waals surface area contributed by atoms with Gasteiger partial charge in [-0.2, -0.15) is 0 Å². The van der Waals surface area contributed by atoms with Crippen molar-refractivity contribution in [2.75, 3.05) is 0 Å². The number of aromatic nitrogens is 3. The van der Waals surface area contributed by atoms with E-state index in [1.54, 1.807) is 0 Å². The van der Waals surface area contributed by atoms with Crippen LogP contribution in [0.2, 0.25) is 0 Å². The monoisotopic (exact) mass is 227 g/mol. The minimum absolute atomic E-state index is 0.997. The molecule has 0 N–H and O–H groups in total. The maximum Gasteiger partial charge on any atom is 0.133 e. The average molecular weight is 227 g/mol. The maximum absolute atomic E-state index is 4.33. The van der Waals surface area contributed by atoms with Crippen molar-refractivity contribution >= 4 is 0 Å². The first-order chi connectivity index (χ1) is 8.43. The molecule has 88 valence electrons. The van der Waals surface area contributed by atoms with Gasteiger partial charge in [0, 0.05) is 19.4 Å². The molecule has 0 atom stereocenters. The Labute approximate surface area is 101 Å². The molecule has 1 aromatic heterocycles. The Bertz CT molecular complexity index is 487. The second kappa shape index (κ2) is 4.70. The van der Waals surface area contributed by atoms with Gasteiger partial charge in [0.25, 0.3) is 0 Å². The molecule has 0 saturated carbocycles. The summed E-state index contributed by atoms with van der Waals surface area (Å²) >= 11 is 0. The highest BCUT2D eigenvalue weighted by Gasteiger charge is 2.15. The Hall–Kier alpha value is -1.64. The molecular weight excluding hydrogens is 210 g/mol. The smallest absolute Gasteiger partial charge is 0.133 e. The second-order valence-electron chi connectivity index (χ2n) is 4.63. The molecule has 3 heteroatoms. The van der Waals surface area contributed by atoms with Crippen LogP contribution < -0.4 is 0 Å². The van der Waals surface area contributed by atoms with Gasteiger partial charge in [-0.15, -0.1) is 10.2 Å². The molecule has 0 fully saturated rings.